The number of hydrogen-bond acceptors (Lipinski definition) is 2. The molecule has 0 aromatic carbocycles. The van der Waals surface area contributed by atoms with Gasteiger partial charge in [0.25, 0.3) is 0 Å². The molecule has 0 rings (SSSR count). The SMILES string of the molecule is CCCCC=CC=NO. The second-order valence-electron chi connectivity index (χ2n) is 1.83. The van der Waals surface area contributed by atoms with Crippen LogP contribution in [-0.4, -0.2) is 11.4 Å². The van der Waals surface area contributed by atoms with E-state index in [1.54, 1.807) is 6.08 Å². The second kappa shape index (κ2) is 7.21. The number of hydrogen-bond donors (Lipinski definition) is 1. The Morgan fingerprint density at radius 2 is 2.33 bits per heavy atom. The lowest BCUT2D eigenvalue weighted by Gasteiger charge is -1.84. The molecular formula is C7H13NO. The standard InChI is InChI=1S/C7H13NO/c1-2-3-4-5-6-7-8-9/h5-7,9H,2-4H2,1H3. The van der Waals surface area contributed by atoms with Crippen molar-refractivity contribution in [2.45, 2.75) is 26.2 Å². The Hall–Kier alpha value is -0.790. The lowest BCUT2D eigenvalue weighted by molar-refractivity contribution is 0.322. The van der Waals surface area contributed by atoms with Crippen LogP contribution in [0.25, 0.3) is 0 Å². The normalized spacial score (nSPS) is 11.7. The predicted molar refractivity (Wildman–Crippen MR) is 38.9 cm³/mol. The maximum Gasteiger partial charge on any atom is 0.0658 e. The van der Waals surface area contributed by atoms with Crippen LogP contribution in [0.1, 0.15) is 26.2 Å². The highest BCUT2D eigenvalue weighted by atomic mass is 16.4. The Morgan fingerprint density at radius 3 is 2.89 bits per heavy atom. The third-order valence-corrected chi connectivity index (χ3v) is 1.01. The lowest BCUT2D eigenvalue weighted by Crippen LogP contribution is -1.67. The van der Waals surface area contributed by atoms with Crippen molar-refractivity contribution in [2.75, 3.05) is 0 Å². The summed E-state index contributed by atoms with van der Waals surface area (Å²) in [6.07, 6.45) is 8.59. The first-order valence-electron chi connectivity index (χ1n) is 3.24. The van der Waals surface area contributed by atoms with Crippen LogP contribution in [0.2, 0.25) is 0 Å². The maximum absolute atomic E-state index is 7.94. The Balaban J connectivity index is 3.04. The monoisotopic (exact) mass is 127 g/mol. The summed E-state index contributed by atoms with van der Waals surface area (Å²) >= 11 is 0. The van der Waals surface area contributed by atoms with Crippen LogP contribution in [-0.2, 0) is 0 Å². The van der Waals surface area contributed by atoms with Gasteiger partial charge in [-0.25, -0.2) is 0 Å². The Labute approximate surface area is 55.9 Å². The molecule has 0 saturated heterocycles. The lowest BCUT2D eigenvalue weighted by atomic mass is 10.2. The Morgan fingerprint density at radius 1 is 1.56 bits per heavy atom. The first-order valence-corrected chi connectivity index (χ1v) is 3.24. The van der Waals surface area contributed by atoms with Gasteiger partial charge in [-0.3, -0.25) is 0 Å². The van der Waals surface area contributed by atoms with Gasteiger partial charge >= 0.3 is 0 Å². The third-order valence-electron chi connectivity index (χ3n) is 1.01. The molecule has 0 saturated carbocycles. The predicted octanol–water partition coefficient (Wildman–Crippen LogP) is 2.19. The number of oxime groups is 1. The molecule has 0 aliphatic rings. The van der Waals surface area contributed by atoms with Crippen molar-refractivity contribution >= 4 is 6.21 Å². The first-order chi connectivity index (χ1) is 4.41. The molecular weight excluding hydrogens is 114 g/mol. The average molecular weight is 127 g/mol. The van der Waals surface area contributed by atoms with Crippen LogP contribution in [0.3, 0.4) is 0 Å². The van der Waals surface area contributed by atoms with E-state index in [0.717, 1.165) is 6.42 Å². The molecule has 0 aromatic heterocycles. The number of allylic oxidation sites excluding steroid dienone is 2. The fourth-order valence-corrected chi connectivity index (χ4v) is 0.518. The van der Waals surface area contributed by atoms with Crippen molar-refractivity contribution in [3.63, 3.8) is 0 Å². The zero-order valence-electron chi connectivity index (χ0n) is 5.75. The van der Waals surface area contributed by atoms with Gasteiger partial charge < -0.3 is 5.21 Å². The first kappa shape index (κ1) is 8.21. The number of rotatable bonds is 4. The van der Waals surface area contributed by atoms with Crippen molar-refractivity contribution in [3.8, 4) is 0 Å². The van der Waals surface area contributed by atoms with E-state index in [1.165, 1.54) is 19.1 Å². The fourth-order valence-electron chi connectivity index (χ4n) is 0.518. The van der Waals surface area contributed by atoms with Crippen molar-refractivity contribution in [2.24, 2.45) is 5.16 Å². The summed E-state index contributed by atoms with van der Waals surface area (Å²) in [5.41, 5.74) is 0. The molecule has 0 heterocycles. The number of nitrogens with zero attached hydrogens (tertiary/aromatic N) is 1. The van der Waals surface area contributed by atoms with E-state index in [2.05, 4.69) is 12.1 Å². The van der Waals surface area contributed by atoms with Gasteiger partial charge in [0.2, 0.25) is 0 Å². The topological polar surface area (TPSA) is 32.6 Å². The highest BCUT2D eigenvalue weighted by Crippen LogP contribution is 1.93. The third kappa shape index (κ3) is 7.21. The molecule has 0 radical (unpaired) electrons. The average Bonchev–Trinajstić information content (AvgIpc) is 1.89. The van der Waals surface area contributed by atoms with E-state index in [0.29, 0.717) is 0 Å². The summed E-state index contributed by atoms with van der Waals surface area (Å²) in [4.78, 5) is 0. The molecule has 0 aromatic rings. The molecule has 0 atom stereocenters. The van der Waals surface area contributed by atoms with Crippen LogP contribution in [0.15, 0.2) is 17.3 Å². The summed E-state index contributed by atoms with van der Waals surface area (Å²) < 4.78 is 0. The van der Waals surface area contributed by atoms with E-state index >= 15 is 0 Å². The van der Waals surface area contributed by atoms with Gasteiger partial charge in [0, 0.05) is 0 Å². The minimum Gasteiger partial charge on any atom is -0.411 e. The van der Waals surface area contributed by atoms with E-state index in [-0.39, 0.29) is 0 Å². The van der Waals surface area contributed by atoms with Crippen molar-refractivity contribution in [3.05, 3.63) is 12.2 Å². The van der Waals surface area contributed by atoms with Crippen LogP contribution in [0.5, 0.6) is 0 Å². The van der Waals surface area contributed by atoms with Gasteiger partial charge in [0.05, 0.1) is 6.21 Å². The second-order valence-corrected chi connectivity index (χ2v) is 1.83. The van der Waals surface area contributed by atoms with Gasteiger partial charge in [0.1, 0.15) is 0 Å². The Kier molecular flexibility index (Phi) is 6.58. The van der Waals surface area contributed by atoms with Crippen molar-refractivity contribution < 1.29 is 5.21 Å². The van der Waals surface area contributed by atoms with Gasteiger partial charge in [-0.1, -0.05) is 31.0 Å². The quantitative estimate of drug-likeness (QED) is 0.267. The molecule has 9 heavy (non-hydrogen) atoms. The summed E-state index contributed by atoms with van der Waals surface area (Å²) in [5, 5.41) is 10.8. The molecule has 0 spiro atoms. The minimum absolute atomic E-state index is 1.07. The Bertz CT molecular complexity index is 97.1. The molecule has 2 heteroatoms. The van der Waals surface area contributed by atoms with Crippen LogP contribution >= 0.6 is 0 Å². The zero-order valence-corrected chi connectivity index (χ0v) is 5.75. The molecule has 0 amide bonds. The van der Waals surface area contributed by atoms with Gasteiger partial charge in [-0.05, 0) is 12.5 Å². The molecule has 0 fully saturated rings. The summed E-state index contributed by atoms with van der Waals surface area (Å²) in [6.45, 7) is 2.15. The molecule has 1 N–H and O–H groups in total. The maximum atomic E-state index is 7.94. The summed E-state index contributed by atoms with van der Waals surface area (Å²) in [6, 6.07) is 0. The summed E-state index contributed by atoms with van der Waals surface area (Å²) in [5.74, 6) is 0. The molecule has 2 nitrogen and oxygen atoms in total. The number of unbranched alkanes of at least 4 members (excludes halogenated alkanes) is 2. The summed E-state index contributed by atoms with van der Waals surface area (Å²) in [7, 11) is 0. The largest absolute Gasteiger partial charge is 0.411 e. The fraction of sp³-hybridized carbons (Fsp3) is 0.571. The van der Waals surface area contributed by atoms with Crippen LogP contribution in [0, 0.1) is 0 Å². The van der Waals surface area contributed by atoms with Crippen LogP contribution in [0.4, 0.5) is 0 Å². The van der Waals surface area contributed by atoms with Gasteiger partial charge in [0.15, 0.2) is 0 Å². The minimum atomic E-state index is 1.07. The molecule has 0 bridgehead atoms. The van der Waals surface area contributed by atoms with Crippen LogP contribution < -0.4 is 0 Å². The van der Waals surface area contributed by atoms with Crippen molar-refractivity contribution in [1.29, 1.82) is 0 Å². The van der Waals surface area contributed by atoms with Crippen molar-refractivity contribution in [1.82, 2.24) is 0 Å². The smallest absolute Gasteiger partial charge is 0.0658 e. The highest BCUT2D eigenvalue weighted by molar-refractivity contribution is 5.70. The molecule has 52 valence electrons. The molecule has 0 aliphatic heterocycles. The van der Waals surface area contributed by atoms with E-state index < -0.39 is 0 Å². The molecule has 0 aliphatic carbocycles. The van der Waals surface area contributed by atoms with E-state index in [9.17, 15) is 0 Å². The van der Waals surface area contributed by atoms with E-state index in [4.69, 9.17) is 5.21 Å². The molecule has 0 unspecified atom stereocenters. The zero-order chi connectivity index (χ0) is 6.95. The van der Waals surface area contributed by atoms with E-state index in [1.807, 2.05) is 6.08 Å². The highest BCUT2D eigenvalue weighted by Gasteiger charge is 1.74. The van der Waals surface area contributed by atoms with Gasteiger partial charge in [-0.15, -0.1) is 0 Å². The van der Waals surface area contributed by atoms with Gasteiger partial charge in [-0.2, -0.15) is 0 Å².